The Morgan fingerprint density at radius 3 is 2.67 bits per heavy atom. The molecule has 21 heavy (non-hydrogen) atoms. The van der Waals surface area contributed by atoms with Gasteiger partial charge in [-0.25, -0.2) is 4.79 Å². The van der Waals surface area contributed by atoms with Crippen LogP contribution < -0.4 is 10.1 Å². The van der Waals surface area contributed by atoms with Crippen molar-refractivity contribution >= 4 is 11.7 Å². The van der Waals surface area contributed by atoms with Crippen LogP contribution in [0.25, 0.3) is 0 Å². The van der Waals surface area contributed by atoms with Gasteiger partial charge in [-0.2, -0.15) is 0 Å². The van der Waals surface area contributed by atoms with Gasteiger partial charge in [-0.15, -0.1) is 0 Å². The maximum Gasteiger partial charge on any atom is 0.337 e. The van der Waals surface area contributed by atoms with Gasteiger partial charge in [0.2, 0.25) is 0 Å². The van der Waals surface area contributed by atoms with Crippen molar-refractivity contribution in [1.29, 1.82) is 0 Å². The molecule has 0 bridgehead atoms. The van der Waals surface area contributed by atoms with Crippen LogP contribution in [0.1, 0.15) is 16.8 Å². The van der Waals surface area contributed by atoms with E-state index in [1.165, 1.54) is 7.11 Å². The number of para-hydroxylation sites is 1. The normalized spacial score (nSPS) is 9.95. The van der Waals surface area contributed by atoms with Crippen LogP contribution in [0.4, 0.5) is 5.69 Å². The van der Waals surface area contributed by atoms with Crippen molar-refractivity contribution in [1.82, 2.24) is 0 Å². The molecule has 0 atom stereocenters. The third-order valence-electron chi connectivity index (χ3n) is 2.95. The first-order valence-corrected chi connectivity index (χ1v) is 6.89. The molecule has 0 aliphatic rings. The minimum absolute atomic E-state index is 0.328. The molecule has 1 N–H and O–H groups in total. The van der Waals surface area contributed by atoms with Gasteiger partial charge in [0.25, 0.3) is 0 Å². The molecule has 0 aromatic heterocycles. The standard InChI is InChI=1S/C17H19NO3/c1-20-17(19)14-7-5-8-15(13-14)18-11-6-12-21-16-9-3-2-4-10-16/h2-5,7-10,13,18H,6,11-12H2,1H3. The SMILES string of the molecule is COC(=O)c1cccc(NCCCOc2ccccc2)c1. The number of rotatable bonds is 7. The van der Waals surface area contributed by atoms with Crippen LogP contribution in [0.2, 0.25) is 0 Å². The Balaban J connectivity index is 1.72. The van der Waals surface area contributed by atoms with Crippen molar-refractivity contribution in [2.24, 2.45) is 0 Å². The van der Waals surface area contributed by atoms with Gasteiger partial charge in [0.1, 0.15) is 5.75 Å². The lowest BCUT2D eigenvalue weighted by atomic mass is 10.2. The Labute approximate surface area is 124 Å². The number of anilines is 1. The number of esters is 1. The fraction of sp³-hybridized carbons (Fsp3) is 0.235. The summed E-state index contributed by atoms with van der Waals surface area (Å²) < 4.78 is 10.3. The summed E-state index contributed by atoms with van der Waals surface area (Å²) in [4.78, 5) is 11.4. The van der Waals surface area contributed by atoms with Crippen LogP contribution in [-0.4, -0.2) is 26.2 Å². The topological polar surface area (TPSA) is 47.6 Å². The van der Waals surface area contributed by atoms with E-state index in [0.29, 0.717) is 12.2 Å². The summed E-state index contributed by atoms with van der Waals surface area (Å²) in [6.07, 6.45) is 0.872. The van der Waals surface area contributed by atoms with Crippen LogP contribution >= 0.6 is 0 Å². The number of nitrogens with one attached hydrogen (secondary N) is 1. The number of carbonyl (C=O) groups is 1. The van der Waals surface area contributed by atoms with E-state index in [9.17, 15) is 4.79 Å². The Kier molecular flexibility index (Phi) is 5.64. The van der Waals surface area contributed by atoms with Crippen molar-refractivity contribution < 1.29 is 14.3 Å². The Morgan fingerprint density at radius 1 is 1.10 bits per heavy atom. The fourth-order valence-electron chi connectivity index (χ4n) is 1.89. The highest BCUT2D eigenvalue weighted by Gasteiger charge is 2.04. The lowest BCUT2D eigenvalue weighted by Crippen LogP contribution is -2.08. The van der Waals surface area contributed by atoms with E-state index in [4.69, 9.17) is 9.47 Å². The van der Waals surface area contributed by atoms with E-state index < -0.39 is 0 Å². The molecule has 0 unspecified atom stereocenters. The number of hydrogen-bond donors (Lipinski definition) is 1. The zero-order chi connectivity index (χ0) is 14.9. The number of ether oxygens (including phenoxy) is 2. The minimum Gasteiger partial charge on any atom is -0.494 e. The predicted octanol–water partition coefficient (Wildman–Crippen LogP) is 3.35. The lowest BCUT2D eigenvalue weighted by Gasteiger charge is -2.09. The van der Waals surface area contributed by atoms with Crippen LogP contribution in [0.15, 0.2) is 54.6 Å². The van der Waals surface area contributed by atoms with E-state index >= 15 is 0 Å². The second kappa shape index (κ2) is 7.94. The smallest absolute Gasteiger partial charge is 0.337 e. The molecule has 0 heterocycles. The van der Waals surface area contributed by atoms with Crippen LogP contribution in [0.5, 0.6) is 5.75 Å². The molecule has 0 saturated carbocycles. The van der Waals surface area contributed by atoms with Crippen LogP contribution in [-0.2, 0) is 4.74 Å². The molecule has 0 saturated heterocycles. The van der Waals surface area contributed by atoms with E-state index in [1.54, 1.807) is 12.1 Å². The van der Waals surface area contributed by atoms with Gasteiger partial charge < -0.3 is 14.8 Å². The number of hydrogen-bond acceptors (Lipinski definition) is 4. The summed E-state index contributed by atoms with van der Waals surface area (Å²) in [6, 6.07) is 17.0. The largest absolute Gasteiger partial charge is 0.494 e. The van der Waals surface area contributed by atoms with Gasteiger partial charge >= 0.3 is 5.97 Å². The molecular weight excluding hydrogens is 266 g/mol. The number of carbonyl (C=O) groups excluding carboxylic acids is 1. The summed E-state index contributed by atoms with van der Waals surface area (Å²) in [7, 11) is 1.38. The minimum atomic E-state index is -0.328. The van der Waals surface area contributed by atoms with Gasteiger partial charge in [0.05, 0.1) is 19.3 Å². The van der Waals surface area contributed by atoms with Crippen LogP contribution in [0.3, 0.4) is 0 Å². The lowest BCUT2D eigenvalue weighted by molar-refractivity contribution is 0.0601. The van der Waals surface area contributed by atoms with E-state index in [1.807, 2.05) is 42.5 Å². The zero-order valence-corrected chi connectivity index (χ0v) is 12.0. The highest BCUT2D eigenvalue weighted by Crippen LogP contribution is 2.12. The molecule has 0 fully saturated rings. The highest BCUT2D eigenvalue weighted by atomic mass is 16.5. The molecule has 4 nitrogen and oxygen atoms in total. The average Bonchev–Trinajstić information content (AvgIpc) is 2.55. The zero-order valence-electron chi connectivity index (χ0n) is 12.0. The first-order chi connectivity index (χ1) is 10.3. The average molecular weight is 285 g/mol. The second-order valence-electron chi connectivity index (χ2n) is 4.51. The summed E-state index contributed by atoms with van der Waals surface area (Å²) in [5.74, 6) is 0.552. The highest BCUT2D eigenvalue weighted by molar-refractivity contribution is 5.90. The molecule has 0 radical (unpaired) electrons. The number of methoxy groups -OCH3 is 1. The molecule has 0 spiro atoms. The molecule has 2 aromatic rings. The van der Waals surface area contributed by atoms with Crippen molar-refractivity contribution in [3.63, 3.8) is 0 Å². The van der Waals surface area contributed by atoms with Crippen molar-refractivity contribution in [2.75, 3.05) is 25.6 Å². The maximum atomic E-state index is 11.4. The third kappa shape index (κ3) is 4.84. The van der Waals surface area contributed by atoms with Crippen LogP contribution in [0, 0.1) is 0 Å². The Hall–Kier alpha value is -2.49. The van der Waals surface area contributed by atoms with Gasteiger partial charge in [0, 0.05) is 12.2 Å². The monoisotopic (exact) mass is 285 g/mol. The Morgan fingerprint density at radius 2 is 1.90 bits per heavy atom. The molecule has 0 amide bonds. The van der Waals surface area contributed by atoms with Gasteiger partial charge in [0.15, 0.2) is 0 Å². The summed E-state index contributed by atoms with van der Waals surface area (Å²) >= 11 is 0. The van der Waals surface area contributed by atoms with Crippen molar-refractivity contribution in [3.05, 3.63) is 60.2 Å². The third-order valence-corrected chi connectivity index (χ3v) is 2.95. The van der Waals surface area contributed by atoms with E-state index in [0.717, 1.165) is 24.4 Å². The quantitative estimate of drug-likeness (QED) is 0.626. The number of benzene rings is 2. The fourth-order valence-corrected chi connectivity index (χ4v) is 1.89. The van der Waals surface area contributed by atoms with Gasteiger partial charge in [-0.1, -0.05) is 24.3 Å². The molecule has 2 rings (SSSR count). The van der Waals surface area contributed by atoms with E-state index in [2.05, 4.69) is 5.32 Å². The molecular formula is C17H19NO3. The molecule has 110 valence electrons. The summed E-state index contributed by atoms with van der Waals surface area (Å²) in [5, 5.41) is 3.26. The van der Waals surface area contributed by atoms with E-state index in [-0.39, 0.29) is 5.97 Å². The first kappa shape index (κ1) is 14.9. The van der Waals surface area contributed by atoms with Crippen molar-refractivity contribution in [2.45, 2.75) is 6.42 Å². The molecule has 0 aliphatic carbocycles. The molecule has 2 aromatic carbocycles. The van der Waals surface area contributed by atoms with Gasteiger partial charge in [-0.05, 0) is 36.8 Å². The second-order valence-corrected chi connectivity index (χ2v) is 4.51. The molecule has 4 heteroatoms. The van der Waals surface area contributed by atoms with Crippen molar-refractivity contribution in [3.8, 4) is 5.75 Å². The first-order valence-electron chi connectivity index (χ1n) is 6.89. The van der Waals surface area contributed by atoms with Gasteiger partial charge in [-0.3, -0.25) is 0 Å². The Bertz CT molecular complexity index is 569. The maximum absolute atomic E-state index is 11.4. The molecule has 0 aliphatic heterocycles. The predicted molar refractivity (Wildman–Crippen MR) is 82.8 cm³/mol. The summed E-state index contributed by atoms with van der Waals surface area (Å²) in [6.45, 7) is 1.42. The summed E-state index contributed by atoms with van der Waals surface area (Å²) in [5.41, 5.74) is 1.45.